The predicted octanol–water partition coefficient (Wildman–Crippen LogP) is -0.957. The molecule has 1 saturated heterocycles. The summed E-state index contributed by atoms with van der Waals surface area (Å²) >= 11 is 0. The second-order valence-corrected chi connectivity index (χ2v) is 5.26. The maximum absolute atomic E-state index is 12.1. The summed E-state index contributed by atoms with van der Waals surface area (Å²) in [5.41, 5.74) is 6.18. The van der Waals surface area contributed by atoms with Gasteiger partial charge in [-0.15, -0.1) is 5.10 Å². The Labute approximate surface area is 112 Å². The van der Waals surface area contributed by atoms with Crippen molar-refractivity contribution in [1.82, 2.24) is 24.8 Å². The SMILES string of the molecule is NCc1cn(CC(=O)N2CCN(C3CC3)CC2)nn1. The Morgan fingerprint density at radius 1 is 1.32 bits per heavy atom. The molecule has 1 aliphatic heterocycles. The summed E-state index contributed by atoms with van der Waals surface area (Å²) in [7, 11) is 0. The van der Waals surface area contributed by atoms with Gasteiger partial charge in [0.1, 0.15) is 6.54 Å². The number of aromatic nitrogens is 3. The van der Waals surface area contributed by atoms with Gasteiger partial charge in [0.25, 0.3) is 0 Å². The summed E-state index contributed by atoms with van der Waals surface area (Å²) in [6.45, 7) is 4.27. The van der Waals surface area contributed by atoms with Gasteiger partial charge < -0.3 is 10.6 Å². The minimum Gasteiger partial charge on any atom is -0.339 e. The van der Waals surface area contributed by atoms with Gasteiger partial charge in [0.15, 0.2) is 0 Å². The van der Waals surface area contributed by atoms with Gasteiger partial charge in [-0.25, -0.2) is 4.68 Å². The quantitative estimate of drug-likeness (QED) is 0.758. The molecule has 0 aromatic carbocycles. The van der Waals surface area contributed by atoms with Crippen molar-refractivity contribution in [2.24, 2.45) is 5.73 Å². The van der Waals surface area contributed by atoms with Crippen LogP contribution in [0.1, 0.15) is 18.5 Å². The Morgan fingerprint density at radius 3 is 2.63 bits per heavy atom. The molecule has 0 spiro atoms. The van der Waals surface area contributed by atoms with Crippen molar-refractivity contribution in [3.05, 3.63) is 11.9 Å². The van der Waals surface area contributed by atoms with Crippen LogP contribution in [0.4, 0.5) is 0 Å². The number of piperazine rings is 1. The van der Waals surface area contributed by atoms with Crippen LogP contribution in [0.5, 0.6) is 0 Å². The summed E-state index contributed by atoms with van der Waals surface area (Å²) in [5.74, 6) is 0.115. The first-order valence-electron chi connectivity index (χ1n) is 6.87. The molecule has 2 heterocycles. The van der Waals surface area contributed by atoms with Crippen LogP contribution in [0.25, 0.3) is 0 Å². The monoisotopic (exact) mass is 264 g/mol. The summed E-state index contributed by atoms with van der Waals surface area (Å²) < 4.78 is 1.57. The molecule has 7 nitrogen and oxygen atoms in total. The van der Waals surface area contributed by atoms with E-state index in [-0.39, 0.29) is 12.5 Å². The summed E-state index contributed by atoms with van der Waals surface area (Å²) in [5, 5.41) is 7.79. The molecule has 3 rings (SSSR count). The molecule has 7 heteroatoms. The molecule has 2 aliphatic rings. The molecular formula is C12H20N6O. The molecule has 1 saturated carbocycles. The molecule has 104 valence electrons. The van der Waals surface area contributed by atoms with Gasteiger partial charge in [0.05, 0.1) is 11.9 Å². The fourth-order valence-corrected chi connectivity index (χ4v) is 2.52. The molecular weight excluding hydrogens is 244 g/mol. The molecule has 0 atom stereocenters. The zero-order chi connectivity index (χ0) is 13.2. The highest BCUT2D eigenvalue weighted by Gasteiger charge is 2.32. The van der Waals surface area contributed by atoms with E-state index < -0.39 is 0 Å². The van der Waals surface area contributed by atoms with E-state index in [9.17, 15) is 4.79 Å². The fourth-order valence-electron chi connectivity index (χ4n) is 2.52. The van der Waals surface area contributed by atoms with Gasteiger partial charge in [-0.05, 0) is 12.8 Å². The molecule has 1 amide bonds. The first kappa shape index (κ1) is 12.6. The smallest absolute Gasteiger partial charge is 0.244 e. The van der Waals surface area contributed by atoms with E-state index in [0.717, 1.165) is 32.2 Å². The Balaban J connectivity index is 1.50. The zero-order valence-electron chi connectivity index (χ0n) is 11.0. The highest BCUT2D eigenvalue weighted by molar-refractivity contribution is 5.76. The number of nitrogens with zero attached hydrogens (tertiary/aromatic N) is 5. The first-order chi connectivity index (χ1) is 9.26. The Morgan fingerprint density at radius 2 is 2.05 bits per heavy atom. The maximum Gasteiger partial charge on any atom is 0.244 e. The van der Waals surface area contributed by atoms with Crippen LogP contribution >= 0.6 is 0 Å². The number of rotatable bonds is 4. The van der Waals surface area contributed by atoms with E-state index in [2.05, 4.69) is 15.2 Å². The van der Waals surface area contributed by atoms with Crippen LogP contribution in [0, 0.1) is 0 Å². The van der Waals surface area contributed by atoms with E-state index >= 15 is 0 Å². The third-order valence-corrected chi connectivity index (χ3v) is 3.82. The van der Waals surface area contributed by atoms with E-state index in [0.29, 0.717) is 12.2 Å². The third kappa shape index (κ3) is 2.93. The minimum absolute atomic E-state index is 0.115. The summed E-state index contributed by atoms with van der Waals surface area (Å²) in [6, 6.07) is 0.791. The van der Waals surface area contributed by atoms with Crippen molar-refractivity contribution >= 4 is 5.91 Å². The number of nitrogens with two attached hydrogens (primary N) is 1. The lowest BCUT2D eigenvalue weighted by Crippen LogP contribution is -2.50. The highest BCUT2D eigenvalue weighted by atomic mass is 16.2. The summed E-state index contributed by atoms with van der Waals surface area (Å²) in [6.07, 6.45) is 4.39. The molecule has 1 aromatic rings. The lowest BCUT2D eigenvalue weighted by molar-refractivity contribution is -0.133. The average Bonchev–Trinajstić information content (AvgIpc) is 3.19. The van der Waals surface area contributed by atoms with Gasteiger partial charge in [-0.3, -0.25) is 9.69 Å². The standard InChI is InChI=1S/C12H20N6O/c13-7-10-8-18(15-14-10)9-12(19)17-5-3-16(4-6-17)11-1-2-11/h8,11H,1-7,9,13H2. The van der Waals surface area contributed by atoms with Crippen molar-refractivity contribution < 1.29 is 4.79 Å². The van der Waals surface area contributed by atoms with Crippen LogP contribution < -0.4 is 5.73 Å². The van der Waals surface area contributed by atoms with Gasteiger partial charge in [0, 0.05) is 38.8 Å². The van der Waals surface area contributed by atoms with Gasteiger partial charge >= 0.3 is 0 Å². The molecule has 1 aromatic heterocycles. The van der Waals surface area contributed by atoms with Crippen LogP contribution in [-0.2, 0) is 17.9 Å². The predicted molar refractivity (Wildman–Crippen MR) is 69.1 cm³/mol. The van der Waals surface area contributed by atoms with Crippen molar-refractivity contribution in [2.75, 3.05) is 26.2 Å². The van der Waals surface area contributed by atoms with Crippen molar-refractivity contribution in [2.45, 2.75) is 32.0 Å². The highest BCUT2D eigenvalue weighted by Crippen LogP contribution is 2.27. The van der Waals surface area contributed by atoms with E-state index in [1.54, 1.807) is 10.9 Å². The summed E-state index contributed by atoms with van der Waals surface area (Å²) in [4.78, 5) is 16.6. The molecule has 2 fully saturated rings. The molecule has 0 unspecified atom stereocenters. The van der Waals surface area contributed by atoms with Gasteiger partial charge in [-0.1, -0.05) is 5.21 Å². The van der Waals surface area contributed by atoms with Crippen molar-refractivity contribution in [3.8, 4) is 0 Å². The molecule has 0 bridgehead atoms. The lowest BCUT2D eigenvalue weighted by Gasteiger charge is -2.34. The van der Waals surface area contributed by atoms with Crippen LogP contribution in [0.2, 0.25) is 0 Å². The number of amides is 1. The van der Waals surface area contributed by atoms with Crippen LogP contribution in [0.3, 0.4) is 0 Å². The zero-order valence-corrected chi connectivity index (χ0v) is 11.0. The first-order valence-corrected chi connectivity index (χ1v) is 6.87. The number of carbonyl (C=O) groups excluding carboxylic acids is 1. The van der Waals surface area contributed by atoms with E-state index in [4.69, 9.17) is 5.73 Å². The topological polar surface area (TPSA) is 80.3 Å². The normalized spacial score (nSPS) is 20.8. The molecule has 2 N–H and O–H groups in total. The number of hydrogen-bond donors (Lipinski definition) is 1. The number of carbonyl (C=O) groups is 1. The van der Waals surface area contributed by atoms with Crippen molar-refractivity contribution in [1.29, 1.82) is 0 Å². The molecule has 19 heavy (non-hydrogen) atoms. The minimum atomic E-state index is 0.115. The molecule has 1 aliphatic carbocycles. The number of hydrogen-bond acceptors (Lipinski definition) is 5. The van der Waals surface area contributed by atoms with E-state index in [1.165, 1.54) is 12.8 Å². The van der Waals surface area contributed by atoms with Crippen LogP contribution in [-0.4, -0.2) is 62.9 Å². The van der Waals surface area contributed by atoms with E-state index in [1.807, 2.05) is 4.90 Å². The lowest BCUT2D eigenvalue weighted by atomic mass is 10.3. The second-order valence-electron chi connectivity index (χ2n) is 5.26. The van der Waals surface area contributed by atoms with Crippen LogP contribution in [0.15, 0.2) is 6.20 Å². The average molecular weight is 264 g/mol. The second kappa shape index (κ2) is 5.26. The largest absolute Gasteiger partial charge is 0.339 e. The Hall–Kier alpha value is -1.47. The van der Waals surface area contributed by atoms with Gasteiger partial charge in [-0.2, -0.15) is 0 Å². The fraction of sp³-hybridized carbons (Fsp3) is 0.750. The molecule has 0 radical (unpaired) electrons. The van der Waals surface area contributed by atoms with Crippen molar-refractivity contribution in [3.63, 3.8) is 0 Å². The Bertz CT molecular complexity index is 447. The van der Waals surface area contributed by atoms with Gasteiger partial charge in [0.2, 0.25) is 5.91 Å². The maximum atomic E-state index is 12.1. The Kier molecular flexibility index (Phi) is 3.48. The third-order valence-electron chi connectivity index (χ3n) is 3.82.